The topological polar surface area (TPSA) is 68.1 Å². The molecule has 1 amide bonds. The van der Waals surface area contributed by atoms with Crippen LogP contribution in [0.2, 0.25) is 0 Å². The number of hydrogen-bond acceptors (Lipinski definition) is 2. The lowest BCUT2D eigenvalue weighted by molar-refractivity contribution is 0.1000. The van der Waals surface area contributed by atoms with Crippen LogP contribution in [0.15, 0.2) is 24.3 Å². The Hall–Kier alpha value is -2.23. The Kier molecular flexibility index (Phi) is 3.60. The fourth-order valence-electron chi connectivity index (χ4n) is 2.19. The molecule has 19 heavy (non-hydrogen) atoms. The monoisotopic (exact) mass is 258 g/mol. The highest BCUT2D eigenvalue weighted by Crippen LogP contribution is 2.27. The maximum Gasteiger partial charge on any atom is 0.250 e. The van der Waals surface area contributed by atoms with E-state index in [1.54, 1.807) is 13.2 Å². The Labute approximate surface area is 112 Å². The molecule has 4 heteroatoms. The minimum Gasteiger partial charge on any atom is -0.496 e. The van der Waals surface area contributed by atoms with Crippen molar-refractivity contribution < 1.29 is 9.53 Å². The highest BCUT2D eigenvalue weighted by Gasteiger charge is 2.12. The molecule has 2 aromatic rings. The van der Waals surface area contributed by atoms with Gasteiger partial charge < -0.3 is 15.5 Å². The zero-order valence-corrected chi connectivity index (χ0v) is 11.4. The molecular formula is C15H18N2O2. The number of hydrogen-bond donors (Lipinski definition) is 2. The number of primary amides is 1. The van der Waals surface area contributed by atoms with E-state index in [4.69, 9.17) is 10.5 Å². The molecular weight excluding hydrogens is 240 g/mol. The number of rotatable bonds is 4. The van der Waals surface area contributed by atoms with Crippen molar-refractivity contribution in [2.75, 3.05) is 7.11 Å². The van der Waals surface area contributed by atoms with Crippen molar-refractivity contribution in [3.8, 4) is 17.0 Å². The number of nitrogens with one attached hydrogen (secondary N) is 1. The summed E-state index contributed by atoms with van der Waals surface area (Å²) in [5, 5.41) is 0. The zero-order chi connectivity index (χ0) is 14.0. The second-order valence-electron chi connectivity index (χ2n) is 4.47. The van der Waals surface area contributed by atoms with E-state index in [-0.39, 0.29) is 0 Å². The molecule has 0 aliphatic rings. The van der Waals surface area contributed by atoms with Crippen LogP contribution in [0.4, 0.5) is 0 Å². The van der Waals surface area contributed by atoms with Crippen molar-refractivity contribution in [1.29, 1.82) is 0 Å². The van der Waals surface area contributed by atoms with Crippen molar-refractivity contribution in [3.05, 3.63) is 41.1 Å². The number of H-pyrrole nitrogens is 1. The van der Waals surface area contributed by atoms with Gasteiger partial charge in [0.2, 0.25) is 0 Å². The Morgan fingerprint density at radius 3 is 2.63 bits per heavy atom. The molecule has 0 aliphatic heterocycles. The minimum atomic E-state index is -0.413. The van der Waals surface area contributed by atoms with E-state index in [9.17, 15) is 4.79 Å². The van der Waals surface area contributed by atoms with Crippen LogP contribution in [0.25, 0.3) is 11.3 Å². The highest BCUT2D eigenvalue weighted by molar-refractivity contribution is 5.95. The normalized spacial score (nSPS) is 10.5. The van der Waals surface area contributed by atoms with Crippen LogP contribution in [0.5, 0.6) is 5.75 Å². The van der Waals surface area contributed by atoms with Crippen LogP contribution >= 0.6 is 0 Å². The van der Waals surface area contributed by atoms with Gasteiger partial charge >= 0.3 is 0 Å². The lowest BCUT2D eigenvalue weighted by Gasteiger charge is -2.08. The number of methoxy groups -OCH3 is 1. The molecule has 0 fully saturated rings. The maximum atomic E-state index is 11.3. The molecule has 0 spiro atoms. The summed E-state index contributed by atoms with van der Waals surface area (Å²) in [5.74, 6) is 0.467. The smallest absolute Gasteiger partial charge is 0.250 e. The lowest BCUT2D eigenvalue weighted by Crippen LogP contribution is -2.10. The van der Waals surface area contributed by atoms with Gasteiger partial charge in [-0.25, -0.2) is 0 Å². The largest absolute Gasteiger partial charge is 0.496 e. The molecule has 100 valence electrons. The molecule has 0 aliphatic carbocycles. The lowest BCUT2D eigenvalue weighted by atomic mass is 10.0. The third-order valence-electron chi connectivity index (χ3n) is 3.25. The van der Waals surface area contributed by atoms with Gasteiger partial charge in [0.05, 0.1) is 12.7 Å². The van der Waals surface area contributed by atoms with Gasteiger partial charge in [-0.1, -0.05) is 6.92 Å². The maximum absolute atomic E-state index is 11.3. The molecule has 1 aromatic carbocycles. The van der Waals surface area contributed by atoms with E-state index in [1.165, 1.54) is 0 Å². The molecule has 2 rings (SSSR count). The first kappa shape index (κ1) is 13.2. The van der Waals surface area contributed by atoms with E-state index in [0.717, 1.165) is 34.7 Å². The Morgan fingerprint density at radius 1 is 1.37 bits per heavy atom. The summed E-state index contributed by atoms with van der Waals surface area (Å²) in [6.07, 6.45) is 0.888. The van der Waals surface area contributed by atoms with Gasteiger partial charge in [0.1, 0.15) is 5.75 Å². The van der Waals surface area contributed by atoms with E-state index < -0.39 is 5.91 Å². The summed E-state index contributed by atoms with van der Waals surface area (Å²) in [7, 11) is 1.66. The van der Waals surface area contributed by atoms with E-state index in [2.05, 4.69) is 18.0 Å². The standard InChI is InChI=1S/C15H18N2O2/c1-4-10-7-11(5-6-14(10)19-3)13-8-12(15(16)18)9(2)17-13/h5-8,17H,4H2,1-3H3,(H2,16,18). The third-order valence-corrected chi connectivity index (χ3v) is 3.25. The first-order valence-electron chi connectivity index (χ1n) is 6.23. The van der Waals surface area contributed by atoms with E-state index >= 15 is 0 Å². The first-order chi connectivity index (χ1) is 9.06. The summed E-state index contributed by atoms with van der Waals surface area (Å²) in [6.45, 7) is 3.92. The van der Waals surface area contributed by atoms with Crippen molar-refractivity contribution in [3.63, 3.8) is 0 Å². The van der Waals surface area contributed by atoms with Crippen LogP contribution in [0.3, 0.4) is 0 Å². The summed E-state index contributed by atoms with van der Waals surface area (Å²) in [6, 6.07) is 7.76. The van der Waals surface area contributed by atoms with E-state index in [0.29, 0.717) is 5.56 Å². The second kappa shape index (κ2) is 5.18. The number of amides is 1. The second-order valence-corrected chi connectivity index (χ2v) is 4.47. The average Bonchev–Trinajstić information content (AvgIpc) is 2.80. The van der Waals surface area contributed by atoms with Gasteiger partial charge in [-0.05, 0) is 48.7 Å². The van der Waals surface area contributed by atoms with Crippen LogP contribution in [-0.4, -0.2) is 18.0 Å². The molecule has 0 unspecified atom stereocenters. The molecule has 0 saturated heterocycles. The van der Waals surface area contributed by atoms with E-state index in [1.807, 2.05) is 19.1 Å². The third kappa shape index (κ3) is 2.47. The number of aromatic nitrogens is 1. The fourth-order valence-corrected chi connectivity index (χ4v) is 2.19. The Balaban J connectivity index is 2.47. The molecule has 0 saturated carbocycles. The number of carbonyl (C=O) groups excluding carboxylic acids is 1. The van der Waals surface area contributed by atoms with Gasteiger partial charge in [0.25, 0.3) is 5.91 Å². The average molecular weight is 258 g/mol. The minimum absolute atomic E-state index is 0.413. The van der Waals surface area contributed by atoms with Gasteiger partial charge in [0.15, 0.2) is 0 Å². The molecule has 0 bridgehead atoms. The van der Waals surface area contributed by atoms with Gasteiger partial charge in [-0.15, -0.1) is 0 Å². The van der Waals surface area contributed by atoms with Gasteiger partial charge in [-0.3, -0.25) is 4.79 Å². The first-order valence-corrected chi connectivity index (χ1v) is 6.23. The predicted molar refractivity (Wildman–Crippen MR) is 75.4 cm³/mol. The van der Waals surface area contributed by atoms with Crippen LogP contribution in [-0.2, 0) is 6.42 Å². The molecule has 0 atom stereocenters. The fraction of sp³-hybridized carbons (Fsp3) is 0.267. The number of aromatic amines is 1. The molecule has 1 aromatic heterocycles. The highest BCUT2D eigenvalue weighted by atomic mass is 16.5. The number of benzene rings is 1. The summed E-state index contributed by atoms with van der Waals surface area (Å²) >= 11 is 0. The Bertz CT molecular complexity index is 615. The number of nitrogens with two attached hydrogens (primary N) is 1. The molecule has 4 nitrogen and oxygen atoms in total. The van der Waals surface area contributed by atoms with Crippen LogP contribution in [0, 0.1) is 6.92 Å². The quantitative estimate of drug-likeness (QED) is 0.885. The molecule has 0 radical (unpaired) electrons. The van der Waals surface area contributed by atoms with Crippen LogP contribution < -0.4 is 10.5 Å². The molecule has 1 heterocycles. The van der Waals surface area contributed by atoms with Crippen molar-refractivity contribution in [2.24, 2.45) is 5.73 Å². The van der Waals surface area contributed by atoms with Crippen molar-refractivity contribution >= 4 is 5.91 Å². The van der Waals surface area contributed by atoms with Crippen molar-refractivity contribution in [2.45, 2.75) is 20.3 Å². The SMILES string of the molecule is CCc1cc(-c2cc(C(N)=O)c(C)[nH]2)ccc1OC. The number of aryl methyl sites for hydroxylation is 2. The zero-order valence-electron chi connectivity index (χ0n) is 11.4. The summed E-state index contributed by atoms with van der Waals surface area (Å²) in [4.78, 5) is 14.5. The van der Waals surface area contributed by atoms with Gasteiger partial charge in [-0.2, -0.15) is 0 Å². The Morgan fingerprint density at radius 2 is 2.11 bits per heavy atom. The summed E-state index contributed by atoms with van der Waals surface area (Å²) < 4.78 is 5.31. The number of carbonyl (C=O) groups is 1. The molecule has 3 N–H and O–H groups in total. The number of ether oxygens (including phenoxy) is 1. The predicted octanol–water partition coefficient (Wildman–Crippen LogP) is 2.66. The van der Waals surface area contributed by atoms with Crippen LogP contribution in [0.1, 0.15) is 28.5 Å². The van der Waals surface area contributed by atoms with Crippen molar-refractivity contribution in [1.82, 2.24) is 4.98 Å². The summed E-state index contributed by atoms with van der Waals surface area (Å²) in [5.41, 5.74) is 9.69. The van der Waals surface area contributed by atoms with Gasteiger partial charge in [0, 0.05) is 11.4 Å².